The zero-order valence-corrected chi connectivity index (χ0v) is 11.5. The molecule has 2 aromatic rings. The molecule has 0 fully saturated rings. The Morgan fingerprint density at radius 2 is 2.16 bits per heavy atom. The molecule has 0 unspecified atom stereocenters. The maximum atomic E-state index is 9.24. The topological polar surface area (TPSA) is 71.2 Å². The van der Waals surface area contributed by atoms with Gasteiger partial charge < -0.3 is 14.8 Å². The van der Waals surface area contributed by atoms with Gasteiger partial charge in [-0.05, 0) is 30.7 Å². The summed E-state index contributed by atoms with van der Waals surface area (Å²) in [4.78, 5) is 0. The van der Waals surface area contributed by atoms with Gasteiger partial charge in [-0.3, -0.25) is 0 Å². The lowest BCUT2D eigenvalue weighted by molar-refractivity contribution is 0.171. The molecule has 0 spiro atoms. The maximum absolute atomic E-state index is 9.24. The van der Waals surface area contributed by atoms with Gasteiger partial charge >= 0.3 is 0 Å². The lowest BCUT2D eigenvalue weighted by Crippen LogP contribution is -2.27. The third-order valence-corrected chi connectivity index (χ3v) is 3.02. The van der Waals surface area contributed by atoms with Crippen LogP contribution >= 0.6 is 0 Å². The molecule has 19 heavy (non-hydrogen) atoms. The van der Waals surface area contributed by atoms with Crippen LogP contribution in [0.2, 0.25) is 0 Å². The van der Waals surface area contributed by atoms with E-state index >= 15 is 0 Å². The van der Waals surface area contributed by atoms with Crippen molar-refractivity contribution in [3.63, 3.8) is 0 Å². The van der Waals surface area contributed by atoms with Crippen molar-refractivity contribution in [2.24, 2.45) is 5.41 Å². The predicted octanol–water partition coefficient (Wildman–Crippen LogP) is 2.48. The number of aromatic nitrogens is 2. The first-order valence-electron chi connectivity index (χ1n) is 6.24. The Morgan fingerprint density at radius 3 is 2.74 bits per heavy atom. The number of hydrogen-bond donors (Lipinski definition) is 2. The van der Waals surface area contributed by atoms with E-state index in [4.69, 9.17) is 4.42 Å². The van der Waals surface area contributed by atoms with E-state index < -0.39 is 0 Å². The Kier molecular flexibility index (Phi) is 3.85. The van der Waals surface area contributed by atoms with Gasteiger partial charge in [-0.1, -0.05) is 13.8 Å². The summed E-state index contributed by atoms with van der Waals surface area (Å²) >= 11 is 0. The monoisotopic (exact) mass is 261 g/mol. The Labute approximate surface area is 112 Å². The van der Waals surface area contributed by atoms with Gasteiger partial charge in [-0.15, -0.1) is 10.2 Å². The Bertz CT molecular complexity index is 536. The molecule has 1 aromatic heterocycles. The predicted molar refractivity (Wildman–Crippen MR) is 73.8 cm³/mol. The van der Waals surface area contributed by atoms with Crippen LogP contribution in [0, 0.1) is 12.3 Å². The molecule has 2 rings (SSSR count). The first-order chi connectivity index (χ1) is 9.02. The van der Waals surface area contributed by atoms with Crippen LogP contribution in [0.5, 0.6) is 0 Å². The first kappa shape index (κ1) is 13.5. The molecule has 0 radical (unpaired) electrons. The number of aliphatic hydroxyl groups is 1. The van der Waals surface area contributed by atoms with E-state index in [0.29, 0.717) is 12.4 Å². The molecule has 0 atom stereocenters. The van der Waals surface area contributed by atoms with Crippen molar-refractivity contribution < 1.29 is 9.52 Å². The van der Waals surface area contributed by atoms with Crippen LogP contribution in [0.4, 0.5) is 5.69 Å². The highest BCUT2D eigenvalue weighted by molar-refractivity contribution is 5.62. The van der Waals surface area contributed by atoms with E-state index in [1.165, 1.54) is 6.39 Å². The van der Waals surface area contributed by atoms with Crippen molar-refractivity contribution >= 4 is 5.69 Å². The number of aryl methyl sites for hydroxylation is 1. The summed E-state index contributed by atoms with van der Waals surface area (Å²) in [5.41, 5.74) is 2.91. The van der Waals surface area contributed by atoms with Crippen molar-refractivity contribution in [2.45, 2.75) is 20.8 Å². The molecule has 0 aliphatic heterocycles. The van der Waals surface area contributed by atoms with Crippen LogP contribution in [0.25, 0.3) is 11.5 Å². The third-order valence-electron chi connectivity index (χ3n) is 3.02. The number of nitrogens with one attached hydrogen (secondary N) is 1. The van der Waals surface area contributed by atoms with Crippen molar-refractivity contribution in [2.75, 3.05) is 18.5 Å². The lowest BCUT2D eigenvalue weighted by atomic mass is 9.94. The Hall–Kier alpha value is -1.88. The molecule has 0 saturated heterocycles. The minimum Gasteiger partial charge on any atom is -0.423 e. The number of nitrogens with zero attached hydrogens (tertiary/aromatic N) is 2. The molecule has 102 valence electrons. The smallest absolute Gasteiger partial charge is 0.247 e. The fraction of sp³-hybridized carbons (Fsp3) is 0.429. The zero-order chi connectivity index (χ0) is 13.9. The van der Waals surface area contributed by atoms with Crippen LogP contribution in [-0.4, -0.2) is 28.5 Å². The number of rotatable bonds is 5. The zero-order valence-electron chi connectivity index (χ0n) is 11.5. The molecule has 1 heterocycles. The fourth-order valence-corrected chi connectivity index (χ4v) is 1.68. The van der Waals surface area contributed by atoms with E-state index in [2.05, 4.69) is 15.5 Å². The van der Waals surface area contributed by atoms with E-state index in [1.807, 2.05) is 39.0 Å². The molecule has 0 amide bonds. The van der Waals surface area contributed by atoms with E-state index in [-0.39, 0.29) is 12.0 Å². The van der Waals surface area contributed by atoms with E-state index in [1.54, 1.807) is 0 Å². The number of anilines is 1. The maximum Gasteiger partial charge on any atom is 0.247 e. The van der Waals surface area contributed by atoms with Gasteiger partial charge in [0.25, 0.3) is 0 Å². The van der Waals surface area contributed by atoms with E-state index in [0.717, 1.165) is 16.8 Å². The van der Waals surface area contributed by atoms with Gasteiger partial charge in [-0.2, -0.15) is 0 Å². The molecule has 0 bridgehead atoms. The van der Waals surface area contributed by atoms with Crippen LogP contribution in [-0.2, 0) is 0 Å². The quantitative estimate of drug-likeness (QED) is 0.865. The summed E-state index contributed by atoms with van der Waals surface area (Å²) in [6.07, 6.45) is 1.32. The molecular formula is C14H19N3O2. The largest absolute Gasteiger partial charge is 0.423 e. The van der Waals surface area contributed by atoms with Gasteiger partial charge in [0.2, 0.25) is 12.3 Å². The van der Waals surface area contributed by atoms with Gasteiger partial charge in [0.1, 0.15) is 0 Å². The molecule has 2 N–H and O–H groups in total. The minimum atomic E-state index is -0.141. The summed E-state index contributed by atoms with van der Waals surface area (Å²) in [6.45, 7) is 6.92. The normalized spacial score (nSPS) is 11.6. The summed E-state index contributed by atoms with van der Waals surface area (Å²) in [5, 5.41) is 20.1. The Balaban J connectivity index is 2.12. The number of benzene rings is 1. The van der Waals surface area contributed by atoms with Crippen LogP contribution in [0.1, 0.15) is 19.4 Å². The molecule has 5 nitrogen and oxygen atoms in total. The first-order valence-corrected chi connectivity index (χ1v) is 6.24. The van der Waals surface area contributed by atoms with Crippen molar-refractivity contribution in [1.29, 1.82) is 0 Å². The summed E-state index contributed by atoms with van der Waals surface area (Å²) < 4.78 is 5.17. The third kappa shape index (κ3) is 3.32. The lowest BCUT2D eigenvalue weighted by Gasteiger charge is -2.23. The van der Waals surface area contributed by atoms with Crippen LogP contribution in [0.3, 0.4) is 0 Å². The number of hydrogen-bond acceptors (Lipinski definition) is 5. The van der Waals surface area contributed by atoms with Gasteiger partial charge in [-0.25, -0.2) is 0 Å². The van der Waals surface area contributed by atoms with Gasteiger partial charge in [0.05, 0.1) is 0 Å². The van der Waals surface area contributed by atoms with Gasteiger partial charge in [0, 0.05) is 29.8 Å². The molecule has 0 saturated carbocycles. The SMILES string of the molecule is Cc1cc(-c2nnco2)ccc1NCC(C)(C)CO. The second-order valence-corrected chi connectivity index (χ2v) is 5.45. The number of aliphatic hydroxyl groups excluding tert-OH is 1. The van der Waals surface area contributed by atoms with E-state index in [9.17, 15) is 5.11 Å². The average molecular weight is 261 g/mol. The van der Waals surface area contributed by atoms with Gasteiger partial charge in [0.15, 0.2) is 0 Å². The average Bonchev–Trinajstić information content (AvgIpc) is 2.91. The summed E-state index contributed by atoms with van der Waals surface area (Å²) in [6, 6.07) is 5.93. The minimum absolute atomic E-state index is 0.141. The highest BCUT2D eigenvalue weighted by atomic mass is 16.4. The highest BCUT2D eigenvalue weighted by Gasteiger charge is 2.16. The summed E-state index contributed by atoms with van der Waals surface area (Å²) in [5.74, 6) is 0.519. The highest BCUT2D eigenvalue weighted by Crippen LogP contribution is 2.24. The Morgan fingerprint density at radius 1 is 1.37 bits per heavy atom. The van der Waals surface area contributed by atoms with Crippen LogP contribution < -0.4 is 5.32 Å². The molecule has 0 aliphatic rings. The molecule has 1 aromatic carbocycles. The fourth-order valence-electron chi connectivity index (χ4n) is 1.68. The second kappa shape index (κ2) is 5.40. The second-order valence-electron chi connectivity index (χ2n) is 5.45. The molecule has 0 aliphatic carbocycles. The van der Waals surface area contributed by atoms with Crippen molar-refractivity contribution in [3.05, 3.63) is 30.2 Å². The standard InChI is InChI=1S/C14H19N3O2/c1-10-6-11(13-17-16-9-19-13)4-5-12(10)15-7-14(2,3)8-18/h4-6,9,15,18H,7-8H2,1-3H3. The van der Waals surface area contributed by atoms with Crippen LogP contribution in [0.15, 0.2) is 29.0 Å². The molecule has 5 heteroatoms. The van der Waals surface area contributed by atoms with Crippen molar-refractivity contribution in [1.82, 2.24) is 10.2 Å². The molecular weight excluding hydrogens is 242 g/mol. The van der Waals surface area contributed by atoms with Crippen molar-refractivity contribution in [3.8, 4) is 11.5 Å². The summed E-state index contributed by atoms with van der Waals surface area (Å²) in [7, 11) is 0.